The van der Waals surface area contributed by atoms with Gasteiger partial charge in [-0.05, 0) is 49.1 Å². The molecule has 8 heteroatoms. The average Bonchev–Trinajstić information content (AvgIpc) is 3.35. The fraction of sp³-hybridized carbons (Fsp3) is 0.267. The second kappa shape index (κ2) is 11.6. The van der Waals surface area contributed by atoms with E-state index in [1.54, 1.807) is 6.07 Å². The van der Waals surface area contributed by atoms with Crippen LogP contribution in [0.1, 0.15) is 62.7 Å². The molecule has 1 unspecified atom stereocenters. The first-order chi connectivity index (χ1) is 18.1. The molecule has 0 spiro atoms. The Morgan fingerprint density at radius 3 is 2.47 bits per heavy atom. The van der Waals surface area contributed by atoms with Crippen molar-refractivity contribution in [3.8, 4) is 0 Å². The maximum absolute atomic E-state index is 13.3. The van der Waals surface area contributed by atoms with Gasteiger partial charge in [-0.2, -0.15) is 13.2 Å². The van der Waals surface area contributed by atoms with Crippen LogP contribution in [0.3, 0.4) is 0 Å². The summed E-state index contributed by atoms with van der Waals surface area (Å²) >= 11 is 0. The van der Waals surface area contributed by atoms with Gasteiger partial charge in [-0.15, -0.1) is 0 Å². The van der Waals surface area contributed by atoms with Crippen LogP contribution in [-0.2, 0) is 25.8 Å². The zero-order chi connectivity index (χ0) is 27.3. The summed E-state index contributed by atoms with van der Waals surface area (Å²) in [5.74, 6) is -0.0601. The number of rotatable bonds is 9. The highest BCUT2D eigenvalue weighted by Crippen LogP contribution is 2.30. The number of carbonyl (C=O) groups is 1. The Morgan fingerprint density at radius 1 is 0.974 bits per heavy atom. The van der Waals surface area contributed by atoms with E-state index in [1.807, 2.05) is 68.1 Å². The first kappa shape index (κ1) is 27.1. The van der Waals surface area contributed by atoms with Gasteiger partial charge in [0.25, 0.3) is 5.91 Å². The summed E-state index contributed by atoms with van der Waals surface area (Å²) < 4.78 is 45.5. The average molecular weight is 522 g/mol. The lowest BCUT2D eigenvalue weighted by Crippen LogP contribution is -2.27. The molecule has 0 aliphatic heterocycles. The first-order valence-corrected chi connectivity index (χ1v) is 12.3. The highest BCUT2D eigenvalue weighted by Gasteiger charge is 2.30. The van der Waals surface area contributed by atoms with Crippen molar-refractivity contribution in [3.05, 3.63) is 124 Å². The predicted molar refractivity (Wildman–Crippen MR) is 139 cm³/mol. The second-order valence-corrected chi connectivity index (χ2v) is 9.51. The Kier molecular flexibility index (Phi) is 8.32. The summed E-state index contributed by atoms with van der Waals surface area (Å²) in [4.78, 5) is 19.1. The number of aromatic nitrogens is 1. The molecule has 0 radical (unpaired) electrons. The highest BCUT2D eigenvalue weighted by atomic mass is 19.4. The Bertz CT molecular complexity index is 1380. The maximum atomic E-state index is 13.3. The Morgan fingerprint density at radius 2 is 1.74 bits per heavy atom. The molecule has 1 aromatic heterocycles. The van der Waals surface area contributed by atoms with Gasteiger partial charge in [0.2, 0.25) is 5.89 Å². The standard InChI is InChI=1S/C30H30F3N3O2/c1-20-12-13-21(2)25(14-20)17-36(16-23-8-7-11-26(15-23)30(31,32)33)18-28-35-27(19-38-28)29(37)34-22(3)24-9-5-4-6-10-24/h4-15,19,22H,16-18H2,1-3H3,(H,34,37). The van der Waals surface area contributed by atoms with Gasteiger partial charge in [-0.1, -0.05) is 72.3 Å². The number of benzene rings is 3. The number of halogens is 3. The van der Waals surface area contributed by atoms with E-state index >= 15 is 0 Å². The largest absolute Gasteiger partial charge is 0.447 e. The monoisotopic (exact) mass is 521 g/mol. The minimum Gasteiger partial charge on any atom is -0.447 e. The van der Waals surface area contributed by atoms with Gasteiger partial charge in [0, 0.05) is 13.1 Å². The molecule has 0 bridgehead atoms. The fourth-order valence-electron chi connectivity index (χ4n) is 4.26. The number of carbonyl (C=O) groups excluding carboxylic acids is 1. The molecule has 4 aromatic rings. The molecule has 3 aromatic carbocycles. The third kappa shape index (κ3) is 7.10. The van der Waals surface area contributed by atoms with E-state index in [1.165, 1.54) is 12.3 Å². The molecule has 1 atom stereocenters. The number of nitrogens with one attached hydrogen (secondary N) is 1. The minimum absolute atomic E-state index is 0.147. The first-order valence-electron chi connectivity index (χ1n) is 12.3. The summed E-state index contributed by atoms with van der Waals surface area (Å²) in [6.07, 6.45) is -3.11. The molecule has 5 nitrogen and oxygen atoms in total. The van der Waals surface area contributed by atoms with E-state index < -0.39 is 11.7 Å². The maximum Gasteiger partial charge on any atom is 0.416 e. The Hall–Kier alpha value is -3.91. The Labute approximate surface area is 220 Å². The van der Waals surface area contributed by atoms with Gasteiger partial charge in [-0.3, -0.25) is 9.69 Å². The molecule has 1 heterocycles. The van der Waals surface area contributed by atoms with Crippen LogP contribution in [0, 0.1) is 13.8 Å². The molecule has 0 saturated heterocycles. The summed E-state index contributed by atoms with van der Waals surface area (Å²) in [5.41, 5.74) is 4.16. The normalized spacial score (nSPS) is 12.5. The molecule has 0 saturated carbocycles. The van der Waals surface area contributed by atoms with E-state index in [0.29, 0.717) is 18.0 Å². The summed E-state index contributed by atoms with van der Waals surface area (Å²) in [7, 11) is 0. The van der Waals surface area contributed by atoms with Crippen LogP contribution in [0.25, 0.3) is 0 Å². The van der Waals surface area contributed by atoms with E-state index in [2.05, 4.69) is 16.4 Å². The van der Waals surface area contributed by atoms with Gasteiger partial charge in [0.15, 0.2) is 5.69 Å². The fourth-order valence-corrected chi connectivity index (χ4v) is 4.26. The number of amides is 1. The molecular formula is C30H30F3N3O2. The van der Waals surface area contributed by atoms with Crippen molar-refractivity contribution in [2.24, 2.45) is 0 Å². The van der Waals surface area contributed by atoms with Crippen LogP contribution < -0.4 is 5.32 Å². The molecular weight excluding hydrogens is 491 g/mol. The van der Waals surface area contributed by atoms with Crippen LogP contribution in [-0.4, -0.2) is 15.8 Å². The van der Waals surface area contributed by atoms with E-state index in [9.17, 15) is 18.0 Å². The van der Waals surface area contributed by atoms with Crippen molar-refractivity contribution in [2.45, 2.75) is 52.6 Å². The number of nitrogens with zero attached hydrogens (tertiary/aromatic N) is 2. The van der Waals surface area contributed by atoms with Crippen molar-refractivity contribution >= 4 is 5.91 Å². The summed E-state index contributed by atoms with van der Waals surface area (Å²) in [6, 6.07) is 20.8. The molecule has 1 N–H and O–H groups in total. The van der Waals surface area contributed by atoms with Crippen LogP contribution >= 0.6 is 0 Å². The lowest BCUT2D eigenvalue weighted by Gasteiger charge is -2.23. The number of hydrogen-bond donors (Lipinski definition) is 1. The smallest absolute Gasteiger partial charge is 0.416 e. The SMILES string of the molecule is Cc1ccc(C)c(CN(Cc2cccc(C(F)(F)F)c2)Cc2nc(C(=O)NC(C)c3ccccc3)co2)c1. The quantitative estimate of drug-likeness (QED) is 0.258. The van der Waals surface area contributed by atoms with Gasteiger partial charge >= 0.3 is 6.18 Å². The molecule has 0 aliphatic rings. The van der Waals surface area contributed by atoms with Crippen molar-refractivity contribution in [3.63, 3.8) is 0 Å². The van der Waals surface area contributed by atoms with E-state index in [4.69, 9.17) is 4.42 Å². The van der Waals surface area contributed by atoms with Crippen molar-refractivity contribution in [1.82, 2.24) is 15.2 Å². The highest BCUT2D eigenvalue weighted by molar-refractivity contribution is 5.92. The molecule has 198 valence electrons. The van der Waals surface area contributed by atoms with Crippen molar-refractivity contribution in [1.29, 1.82) is 0 Å². The minimum atomic E-state index is -4.42. The van der Waals surface area contributed by atoms with Crippen LogP contribution in [0.4, 0.5) is 13.2 Å². The van der Waals surface area contributed by atoms with Crippen molar-refractivity contribution in [2.75, 3.05) is 0 Å². The third-order valence-electron chi connectivity index (χ3n) is 6.35. The predicted octanol–water partition coefficient (Wildman–Crippen LogP) is 7.00. The number of hydrogen-bond acceptors (Lipinski definition) is 4. The molecule has 0 fully saturated rings. The topological polar surface area (TPSA) is 58.4 Å². The zero-order valence-electron chi connectivity index (χ0n) is 21.5. The number of aryl methyl sites for hydroxylation is 2. The summed E-state index contributed by atoms with van der Waals surface area (Å²) in [5, 5.41) is 2.91. The van der Waals surface area contributed by atoms with E-state index in [0.717, 1.165) is 34.4 Å². The van der Waals surface area contributed by atoms with Crippen LogP contribution in [0.15, 0.2) is 83.5 Å². The number of alkyl halides is 3. The molecule has 0 aliphatic carbocycles. The van der Waals surface area contributed by atoms with Gasteiger partial charge in [0.1, 0.15) is 6.26 Å². The third-order valence-corrected chi connectivity index (χ3v) is 6.35. The van der Waals surface area contributed by atoms with Gasteiger partial charge < -0.3 is 9.73 Å². The van der Waals surface area contributed by atoms with Crippen molar-refractivity contribution < 1.29 is 22.4 Å². The van der Waals surface area contributed by atoms with E-state index in [-0.39, 0.29) is 30.7 Å². The van der Waals surface area contributed by atoms with Crippen LogP contribution in [0.5, 0.6) is 0 Å². The zero-order valence-corrected chi connectivity index (χ0v) is 21.5. The Balaban J connectivity index is 1.53. The lowest BCUT2D eigenvalue weighted by atomic mass is 10.0. The second-order valence-electron chi connectivity index (χ2n) is 9.51. The summed E-state index contributed by atoms with van der Waals surface area (Å²) in [6.45, 7) is 6.81. The molecule has 38 heavy (non-hydrogen) atoms. The van der Waals surface area contributed by atoms with Crippen LogP contribution in [0.2, 0.25) is 0 Å². The molecule has 4 rings (SSSR count). The number of oxazole rings is 1. The molecule has 1 amide bonds. The lowest BCUT2D eigenvalue weighted by molar-refractivity contribution is -0.137. The van der Waals surface area contributed by atoms with Gasteiger partial charge in [0.05, 0.1) is 18.2 Å². The van der Waals surface area contributed by atoms with Gasteiger partial charge in [-0.25, -0.2) is 4.98 Å².